The van der Waals surface area contributed by atoms with Crippen LogP contribution in [-0.2, 0) is 20.0 Å². The van der Waals surface area contributed by atoms with E-state index in [1.165, 1.54) is 18.5 Å². The highest BCUT2D eigenvalue weighted by atomic mass is 35.5. The van der Waals surface area contributed by atoms with Crippen molar-refractivity contribution in [3.8, 4) is 17.0 Å². The van der Waals surface area contributed by atoms with Crippen LogP contribution in [0.4, 0.5) is 0 Å². The van der Waals surface area contributed by atoms with Crippen LogP contribution in [0, 0.1) is 0 Å². The van der Waals surface area contributed by atoms with E-state index in [9.17, 15) is 19.8 Å². The molecule has 8 nitrogen and oxygen atoms in total. The van der Waals surface area contributed by atoms with Gasteiger partial charge in [-0.2, -0.15) is 0 Å². The molecular weight excluding hydrogens is 491 g/mol. The van der Waals surface area contributed by atoms with E-state index < -0.39 is 22.8 Å². The summed E-state index contributed by atoms with van der Waals surface area (Å²) in [6, 6.07) is 8.58. The highest BCUT2D eigenvalue weighted by molar-refractivity contribution is 5.92. The number of halogens is 2. The van der Waals surface area contributed by atoms with Crippen LogP contribution >= 0.6 is 24.8 Å². The third-order valence-corrected chi connectivity index (χ3v) is 6.92. The number of nitrogens with one attached hydrogen (secondary N) is 1. The number of aryl methyl sites for hydroxylation is 1. The maximum absolute atomic E-state index is 12.4. The van der Waals surface area contributed by atoms with Gasteiger partial charge in [-0.15, -0.1) is 24.8 Å². The van der Waals surface area contributed by atoms with Crippen molar-refractivity contribution in [1.82, 2.24) is 19.4 Å². The van der Waals surface area contributed by atoms with Gasteiger partial charge < -0.3 is 24.7 Å². The quantitative estimate of drug-likeness (QED) is 0.452. The first-order valence-corrected chi connectivity index (χ1v) is 11.4. The van der Waals surface area contributed by atoms with E-state index >= 15 is 0 Å². The number of H-pyrrole nitrogens is 1. The van der Waals surface area contributed by atoms with Gasteiger partial charge in [0.1, 0.15) is 5.75 Å². The summed E-state index contributed by atoms with van der Waals surface area (Å²) in [5.41, 5.74) is 2.47. The van der Waals surface area contributed by atoms with Gasteiger partial charge in [0.25, 0.3) is 5.56 Å². The highest BCUT2D eigenvalue weighted by Crippen LogP contribution is 2.32. The molecule has 2 aromatic heterocycles. The van der Waals surface area contributed by atoms with Crippen LogP contribution in [-0.4, -0.2) is 68.8 Å². The number of hydrogen-bond donors (Lipinski definition) is 3. The number of aromatic nitrogens is 2. The Balaban J connectivity index is 0.00000216. The van der Waals surface area contributed by atoms with Crippen molar-refractivity contribution < 1.29 is 15.0 Å². The predicted octanol–water partition coefficient (Wildman–Crippen LogP) is 3.87. The Morgan fingerprint density at radius 2 is 1.94 bits per heavy atom. The van der Waals surface area contributed by atoms with Gasteiger partial charge in [0, 0.05) is 48.3 Å². The molecule has 1 unspecified atom stereocenters. The molecule has 1 aliphatic rings. The van der Waals surface area contributed by atoms with E-state index in [4.69, 9.17) is 0 Å². The predicted molar refractivity (Wildman–Crippen MR) is 143 cm³/mol. The van der Waals surface area contributed by atoms with Crippen LogP contribution in [0.15, 0.2) is 29.1 Å². The van der Waals surface area contributed by atoms with Crippen LogP contribution in [0.5, 0.6) is 5.75 Å². The maximum atomic E-state index is 12.4. The monoisotopic (exact) mass is 524 g/mol. The lowest BCUT2D eigenvalue weighted by Crippen LogP contribution is -2.44. The summed E-state index contributed by atoms with van der Waals surface area (Å²) in [5, 5.41) is 20.8. The molecule has 10 heteroatoms. The summed E-state index contributed by atoms with van der Waals surface area (Å²) in [6.07, 6.45) is 2.81. The first-order chi connectivity index (χ1) is 15.7. The number of carboxylic acids is 1. The maximum Gasteiger partial charge on any atom is 0.345 e. The SMILES string of the molecule is CCc1c(-c2ccc3c(c2)cc(CN(C)C2CCCN(C)C2)n3C)[nH]c(=O)c(C(=O)O)c1O.Cl.Cl. The Bertz CT molecular complexity index is 1270. The van der Waals surface area contributed by atoms with Crippen molar-refractivity contribution >= 4 is 41.7 Å². The van der Waals surface area contributed by atoms with Crippen molar-refractivity contribution in [3.05, 3.63) is 51.4 Å². The Morgan fingerprint density at radius 3 is 2.57 bits per heavy atom. The molecule has 1 aliphatic heterocycles. The molecule has 0 saturated carbocycles. The van der Waals surface area contributed by atoms with E-state index in [-0.39, 0.29) is 24.8 Å². The number of aromatic amines is 1. The molecule has 1 fully saturated rings. The fraction of sp³-hybridized carbons (Fsp3) is 0.440. The van der Waals surface area contributed by atoms with E-state index in [0.717, 1.165) is 36.1 Å². The minimum atomic E-state index is -1.44. The molecule has 1 aromatic carbocycles. The van der Waals surface area contributed by atoms with Gasteiger partial charge in [0.15, 0.2) is 5.56 Å². The van der Waals surface area contributed by atoms with Crippen LogP contribution in [0.2, 0.25) is 0 Å². The molecule has 3 heterocycles. The van der Waals surface area contributed by atoms with Crippen LogP contribution in [0.1, 0.15) is 41.4 Å². The number of aromatic carboxylic acids is 1. The molecule has 0 amide bonds. The number of likely N-dealkylation sites (tertiary alicyclic amines) is 1. The number of nitrogens with zero attached hydrogens (tertiary/aromatic N) is 3. The molecule has 0 radical (unpaired) electrons. The molecule has 4 rings (SSSR count). The standard InChI is InChI=1S/C25H32N4O4.2ClH/c1-5-19-22(26-24(31)21(23(19)30)25(32)33)15-8-9-20-16(11-15)12-18(29(20)4)14-28(3)17-7-6-10-27(2)13-17;;/h8-9,11-12,17H,5-7,10,13-14H2,1-4H3,(H,32,33)(H2,26,30,31);2*1H. The number of piperidine rings is 1. The highest BCUT2D eigenvalue weighted by Gasteiger charge is 2.23. The van der Waals surface area contributed by atoms with Crippen molar-refractivity contribution in [2.24, 2.45) is 7.05 Å². The van der Waals surface area contributed by atoms with Gasteiger partial charge in [-0.3, -0.25) is 9.69 Å². The third-order valence-electron chi connectivity index (χ3n) is 6.92. The van der Waals surface area contributed by atoms with Crippen LogP contribution in [0.3, 0.4) is 0 Å². The topological polar surface area (TPSA) is 102 Å². The first kappa shape index (κ1) is 28.7. The van der Waals surface area contributed by atoms with Crippen molar-refractivity contribution in [1.29, 1.82) is 0 Å². The lowest BCUT2D eigenvalue weighted by molar-refractivity contribution is 0.0691. The summed E-state index contributed by atoms with van der Waals surface area (Å²) in [4.78, 5) is 31.2. The summed E-state index contributed by atoms with van der Waals surface area (Å²) < 4.78 is 2.19. The Labute approximate surface area is 217 Å². The van der Waals surface area contributed by atoms with Gasteiger partial charge >= 0.3 is 5.97 Å². The van der Waals surface area contributed by atoms with Gasteiger partial charge in [0.2, 0.25) is 0 Å². The number of carbonyl (C=O) groups is 1. The van der Waals surface area contributed by atoms with Gasteiger partial charge in [-0.25, -0.2) is 4.79 Å². The Kier molecular flexibility index (Phi) is 9.42. The number of rotatable bonds is 6. The third kappa shape index (κ3) is 5.51. The van der Waals surface area contributed by atoms with Crippen LogP contribution < -0.4 is 5.56 Å². The largest absolute Gasteiger partial charge is 0.506 e. The normalized spacial score (nSPS) is 16.2. The van der Waals surface area contributed by atoms with Crippen molar-refractivity contribution in [2.75, 3.05) is 27.2 Å². The lowest BCUT2D eigenvalue weighted by Gasteiger charge is -2.35. The number of aromatic hydroxyl groups is 1. The minimum Gasteiger partial charge on any atom is -0.506 e. The van der Waals surface area contributed by atoms with Crippen molar-refractivity contribution in [3.63, 3.8) is 0 Å². The van der Waals surface area contributed by atoms with E-state index in [1.807, 2.05) is 25.1 Å². The first-order valence-electron chi connectivity index (χ1n) is 11.4. The molecule has 0 aliphatic carbocycles. The van der Waals surface area contributed by atoms with Gasteiger partial charge in [-0.1, -0.05) is 13.0 Å². The Hall–Kier alpha value is -2.52. The van der Waals surface area contributed by atoms with Crippen LogP contribution in [0.25, 0.3) is 22.2 Å². The van der Waals surface area contributed by atoms with E-state index in [0.29, 0.717) is 23.7 Å². The molecule has 0 spiro atoms. The number of benzene rings is 1. The smallest absolute Gasteiger partial charge is 0.345 e. The summed E-state index contributed by atoms with van der Waals surface area (Å²) >= 11 is 0. The zero-order valence-corrected chi connectivity index (χ0v) is 22.1. The average molecular weight is 525 g/mol. The number of fused-ring (bicyclic) bond motifs is 1. The fourth-order valence-corrected chi connectivity index (χ4v) is 5.01. The second-order valence-corrected chi connectivity index (χ2v) is 9.13. The minimum absolute atomic E-state index is 0. The zero-order valence-electron chi connectivity index (χ0n) is 20.5. The summed E-state index contributed by atoms with van der Waals surface area (Å²) in [7, 11) is 6.41. The van der Waals surface area contributed by atoms with Gasteiger partial charge in [-0.05, 0) is 63.7 Å². The number of hydrogen-bond acceptors (Lipinski definition) is 5. The molecule has 3 aromatic rings. The second kappa shape index (κ2) is 11.5. The molecule has 192 valence electrons. The number of pyridine rings is 1. The number of carboxylic acid groups (broad SMARTS) is 1. The van der Waals surface area contributed by atoms with Gasteiger partial charge in [0.05, 0.1) is 5.69 Å². The fourth-order valence-electron chi connectivity index (χ4n) is 5.01. The second-order valence-electron chi connectivity index (χ2n) is 9.13. The molecule has 1 saturated heterocycles. The summed E-state index contributed by atoms with van der Waals surface area (Å²) in [6.45, 7) is 4.89. The summed E-state index contributed by atoms with van der Waals surface area (Å²) in [5.74, 6) is -1.90. The zero-order chi connectivity index (χ0) is 23.9. The van der Waals surface area contributed by atoms with Crippen molar-refractivity contribution in [2.45, 2.75) is 38.8 Å². The average Bonchev–Trinajstić information content (AvgIpc) is 3.07. The molecule has 0 bridgehead atoms. The van der Waals surface area contributed by atoms with E-state index in [2.05, 4.69) is 46.6 Å². The molecule has 35 heavy (non-hydrogen) atoms. The molecule has 3 N–H and O–H groups in total. The molecular formula is C25H34Cl2N4O4. The van der Waals surface area contributed by atoms with E-state index in [1.54, 1.807) is 0 Å². The lowest BCUT2D eigenvalue weighted by atomic mass is 9.99. The molecule has 1 atom stereocenters. The Morgan fingerprint density at radius 1 is 1.23 bits per heavy atom. The number of likely N-dealkylation sites (N-methyl/N-ethyl adjacent to an activating group) is 2.